The monoisotopic (exact) mass is 331 g/mol. The number of hydrogen-bond acceptors (Lipinski definition) is 3. The van der Waals surface area contributed by atoms with Crippen molar-refractivity contribution < 1.29 is 14.7 Å². The van der Waals surface area contributed by atoms with E-state index in [2.05, 4.69) is 26.1 Å². The molecule has 1 saturated carbocycles. The zero-order valence-electron chi connectivity index (χ0n) is 15.1. The second-order valence-electron chi connectivity index (χ2n) is 7.55. The van der Waals surface area contributed by atoms with E-state index in [-0.39, 0.29) is 29.1 Å². The number of carbonyl (C=O) groups excluding carboxylic acids is 2. The summed E-state index contributed by atoms with van der Waals surface area (Å²) in [6.45, 7) is 7.99. The summed E-state index contributed by atoms with van der Waals surface area (Å²) in [6, 6.07) is 6.57. The summed E-state index contributed by atoms with van der Waals surface area (Å²) >= 11 is 0. The molecule has 0 heterocycles. The number of hydrogen-bond donors (Lipinski definition) is 2. The number of benzene rings is 1. The van der Waals surface area contributed by atoms with E-state index >= 15 is 0 Å². The van der Waals surface area contributed by atoms with E-state index in [1.54, 1.807) is 24.3 Å². The van der Waals surface area contributed by atoms with Crippen molar-refractivity contribution in [3.63, 3.8) is 0 Å². The molecule has 0 aromatic heterocycles. The molecule has 0 saturated heterocycles. The van der Waals surface area contributed by atoms with Crippen LogP contribution in [0.2, 0.25) is 0 Å². The van der Waals surface area contributed by atoms with E-state index in [1.807, 2.05) is 0 Å². The first-order valence-electron chi connectivity index (χ1n) is 8.86. The Morgan fingerprint density at radius 1 is 1.21 bits per heavy atom. The van der Waals surface area contributed by atoms with Crippen LogP contribution in [0.1, 0.15) is 74.1 Å². The average molecular weight is 331 g/mol. The third kappa shape index (κ3) is 3.86. The van der Waals surface area contributed by atoms with E-state index in [4.69, 9.17) is 0 Å². The molecule has 4 nitrogen and oxygen atoms in total. The zero-order chi connectivity index (χ0) is 17.9. The van der Waals surface area contributed by atoms with Gasteiger partial charge >= 0.3 is 0 Å². The normalized spacial score (nSPS) is 24.5. The molecule has 24 heavy (non-hydrogen) atoms. The summed E-state index contributed by atoms with van der Waals surface area (Å²) < 4.78 is 0. The highest BCUT2D eigenvalue weighted by atomic mass is 16.3. The molecule has 1 aliphatic rings. The molecule has 1 aromatic carbocycles. The third-order valence-electron chi connectivity index (χ3n) is 5.63. The van der Waals surface area contributed by atoms with Crippen LogP contribution >= 0.6 is 0 Å². The molecule has 0 spiro atoms. The number of carbonyl (C=O) groups is 2. The Hall–Kier alpha value is -1.68. The van der Waals surface area contributed by atoms with Gasteiger partial charge in [-0.2, -0.15) is 0 Å². The van der Waals surface area contributed by atoms with Crippen LogP contribution in [0.15, 0.2) is 24.3 Å². The van der Waals surface area contributed by atoms with Gasteiger partial charge in [-0.25, -0.2) is 0 Å². The quantitative estimate of drug-likeness (QED) is 0.810. The van der Waals surface area contributed by atoms with Crippen LogP contribution in [0.25, 0.3) is 0 Å². The molecule has 2 N–H and O–H groups in total. The van der Waals surface area contributed by atoms with E-state index in [9.17, 15) is 14.7 Å². The fourth-order valence-corrected chi connectivity index (χ4v) is 3.73. The standard InChI is InChI=1S/C20H29NO3/c1-5-20(3,4)16-11-8-12-17(23)18(16)21-19(24)15-10-7-6-9-14(15)13(2)22/h6-7,9-10,16-18,23H,5,8,11-12H2,1-4H3,(H,21,24)/t16-,17+,18-/m1/s1. The van der Waals surface area contributed by atoms with Gasteiger partial charge in [-0.05, 0) is 37.2 Å². The molecule has 3 atom stereocenters. The topological polar surface area (TPSA) is 66.4 Å². The highest BCUT2D eigenvalue weighted by Crippen LogP contribution is 2.40. The van der Waals surface area contributed by atoms with Crippen LogP contribution in [-0.2, 0) is 0 Å². The van der Waals surface area contributed by atoms with Crippen molar-refractivity contribution in [2.24, 2.45) is 11.3 Å². The van der Waals surface area contributed by atoms with Gasteiger partial charge in [0.2, 0.25) is 0 Å². The van der Waals surface area contributed by atoms with Crippen LogP contribution < -0.4 is 5.32 Å². The molecule has 0 aliphatic heterocycles. The number of aliphatic hydroxyl groups is 1. The number of ketones is 1. The SMILES string of the molecule is CCC(C)(C)[C@@H]1CCC[C@H](O)[C@@H]1NC(=O)c1ccccc1C(C)=O. The van der Waals surface area contributed by atoms with Gasteiger partial charge in [0, 0.05) is 5.56 Å². The van der Waals surface area contributed by atoms with Crippen molar-refractivity contribution in [3.05, 3.63) is 35.4 Å². The van der Waals surface area contributed by atoms with Gasteiger partial charge < -0.3 is 10.4 Å². The minimum Gasteiger partial charge on any atom is -0.391 e. The van der Waals surface area contributed by atoms with Crippen molar-refractivity contribution in [1.82, 2.24) is 5.32 Å². The first-order valence-corrected chi connectivity index (χ1v) is 8.86. The summed E-state index contributed by atoms with van der Waals surface area (Å²) in [7, 11) is 0. The van der Waals surface area contributed by atoms with Gasteiger partial charge in [0.05, 0.1) is 17.7 Å². The molecule has 2 rings (SSSR count). The lowest BCUT2D eigenvalue weighted by molar-refractivity contribution is 0.00956. The molecule has 1 aliphatic carbocycles. The Bertz CT molecular complexity index is 609. The zero-order valence-corrected chi connectivity index (χ0v) is 15.1. The van der Waals surface area contributed by atoms with Crippen LogP contribution in [0.5, 0.6) is 0 Å². The summed E-state index contributed by atoms with van der Waals surface area (Å²) in [5.74, 6) is -0.182. The predicted molar refractivity (Wildman–Crippen MR) is 95.1 cm³/mol. The van der Waals surface area contributed by atoms with Crippen LogP contribution in [0, 0.1) is 11.3 Å². The Labute approximate surface area is 144 Å². The maximum absolute atomic E-state index is 12.8. The summed E-state index contributed by atoms with van der Waals surface area (Å²) in [6.07, 6.45) is 3.13. The van der Waals surface area contributed by atoms with Crippen LogP contribution in [0.3, 0.4) is 0 Å². The summed E-state index contributed by atoms with van der Waals surface area (Å²) in [5, 5.41) is 13.5. The molecule has 0 unspecified atom stereocenters. The minimum atomic E-state index is -0.539. The molecule has 1 fully saturated rings. The molecule has 132 valence electrons. The second kappa shape index (κ2) is 7.47. The second-order valence-corrected chi connectivity index (χ2v) is 7.55. The van der Waals surface area contributed by atoms with Gasteiger partial charge in [-0.3, -0.25) is 9.59 Å². The van der Waals surface area contributed by atoms with Gasteiger partial charge in [0.15, 0.2) is 5.78 Å². The maximum atomic E-state index is 12.8. The number of rotatable bonds is 5. The van der Waals surface area contributed by atoms with E-state index in [1.165, 1.54) is 6.92 Å². The molecular formula is C20H29NO3. The van der Waals surface area contributed by atoms with Crippen LogP contribution in [0.4, 0.5) is 0 Å². The molecule has 4 heteroatoms. The lowest BCUT2D eigenvalue weighted by atomic mass is 9.66. The van der Waals surface area contributed by atoms with Crippen molar-refractivity contribution in [2.45, 2.75) is 65.5 Å². The molecule has 0 bridgehead atoms. The van der Waals surface area contributed by atoms with E-state index in [0.717, 1.165) is 19.3 Å². The first kappa shape index (κ1) is 18.7. The third-order valence-corrected chi connectivity index (χ3v) is 5.63. The van der Waals surface area contributed by atoms with Crippen molar-refractivity contribution in [1.29, 1.82) is 0 Å². The Morgan fingerprint density at radius 3 is 2.42 bits per heavy atom. The lowest BCUT2D eigenvalue weighted by Crippen LogP contribution is -2.54. The van der Waals surface area contributed by atoms with Crippen LogP contribution in [-0.4, -0.2) is 28.9 Å². The fraction of sp³-hybridized carbons (Fsp3) is 0.600. The maximum Gasteiger partial charge on any atom is 0.252 e. The van der Waals surface area contributed by atoms with Gasteiger partial charge in [0.25, 0.3) is 5.91 Å². The van der Waals surface area contributed by atoms with Crippen molar-refractivity contribution >= 4 is 11.7 Å². The largest absolute Gasteiger partial charge is 0.391 e. The molecule has 1 aromatic rings. The fourth-order valence-electron chi connectivity index (χ4n) is 3.73. The van der Waals surface area contributed by atoms with Gasteiger partial charge in [-0.15, -0.1) is 0 Å². The average Bonchev–Trinajstić information content (AvgIpc) is 2.56. The summed E-state index contributed by atoms with van der Waals surface area (Å²) in [4.78, 5) is 24.5. The van der Waals surface area contributed by atoms with Gasteiger partial charge in [0.1, 0.15) is 0 Å². The number of amides is 1. The van der Waals surface area contributed by atoms with Crippen molar-refractivity contribution in [3.8, 4) is 0 Å². The Morgan fingerprint density at radius 2 is 1.83 bits per heavy atom. The molecule has 0 radical (unpaired) electrons. The smallest absolute Gasteiger partial charge is 0.252 e. The van der Waals surface area contributed by atoms with E-state index < -0.39 is 6.10 Å². The highest BCUT2D eigenvalue weighted by Gasteiger charge is 2.41. The minimum absolute atomic E-state index is 0.0411. The van der Waals surface area contributed by atoms with Gasteiger partial charge in [-0.1, -0.05) is 51.8 Å². The first-order chi connectivity index (χ1) is 11.3. The highest BCUT2D eigenvalue weighted by molar-refractivity contribution is 6.07. The predicted octanol–water partition coefficient (Wildman–Crippen LogP) is 3.58. The Kier molecular flexibility index (Phi) is 5.81. The number of nitrogens with one attached hydrogen (secondary N) is 1. The lowest BCUT2D eigenvalue weighted by Gasteiger charge is -2.44. The summed E-state index contributed by atoms with van der Waals surface area (Å²) in [5.41, 5.74) is 0.849. The van der Waals surface area contributed by atoms with Crippen molar-refractivity contribution in [2.75, 3.05) is 0 Å². The number of Topliss-reactive ketones (excluding diaryl/α,β-unsaturated/α-hetero) is 1. The Balaban J connectivity index is 2.26. The number of aliphatic hydroxyl groups excluding tert-OH is 1. The molecule has 1 amide bonds. The molecular weight excluding hydrogens is 302 g/mol. The van der Waals surface area contributed by atoms with E-state index in [0.29, 0.717) is 17.5 Å².